The Kier molecular flexibility index (Phi) is 17.4. The van der Waals surface area contributed by atoms with Crippen molar-refractivity contribution in [3.63, 3.8) is 0 Å². The van der Waals surface area contributed by atoms with Crippen molar-refractivity contribution >= 4 is 0 Å². The summed E-state index contributed by atoms with van der Waals surface area (Å²) < 4.78 is 5.03. The SMILES string of the molecule is CCCCCCCCCCCCCCCCC[n+]1ccn(CCCC)c1CCC. The summed E-state index contributed by atoms with van der Waals surface area (Å²) in [4.78, 5) is 0. The first kappa shape index (κ1) is 26.2. The summed E-state index contributed by atoms with van der Waals surface area (Å²) >= 11 is 0. The standard InChI is InChI=1S/C27H53N2/c1-4-7-9-10-11-12-13-14-15-16-17-18-19-20-21-24-29-26-25-28(23-8-5-2)27(29)22-6-3/h25-26H,4-24H2,1-3H3/q+1. The number of unbranched alkanes of at least 4 members (excludes halogenated alkanes) is 15. The van der Waals surface area contributed by atoms with Crippen LogP contribution in [0.4, 0.5) is 0 Å². The smallest absolute Gasteiger partial charge is 0.234 e. The lowest BCUT2D eigenvalue weighted by Crippen LogP contribution is -2.37. The lowest BCUT2D eigenvalue weighted by molar-refractivity contribution is -0.704. The Labute approximate surface area is 183 Å². The first-order valence-corrected chi connectivity index (χ1v) is 13.4. The molecule has 0 aliphatic heterocycles. The molecule has 1 heterocycles. The molecule has 0 aromatic carbocycles. The molecule has 0 radical (unpaired) electrons. The van der Waals surface area contributed by atoms with Crippen molar-refractivity contribution in [2.45, 2.75) is 156 Å². The van der Waals surface area contributed by atoms with Crippen LogP contribution in [-0.2, 0) is 19.5 Å². The topological polar surface area (TPSA) is 8.81 Å². The number of rotatable bonds is 21. The molecular weight excluding hydrogens is 352 g/mol. The van der Waals surface area contributed by atoms with E-state index in [1.807, 2.05) is 0 Å². The van der Waals surface area contributed by atoms with Gasteiger partial charge in [0.05, 0.1) is 13.1 Å². The normalized spacial score (nSPS) is 11.4. The van der Waals surface area contributed by atoms with E-state index in [9.17, 15) is 0 Å². The van der Waals surface area contributed by atoms with Crippen molar-refractivity contribution in [2.75, 3.05) is 0 Å². The third-order valence-electron chi connectivity index (χ3n) is 6.32. The van der Waals surface area contributed by atoms with Gasteiger partial charge in [0.2, 0.25) is 0 Å². The minimum absolute atomic E-state index is 1.19. The maximum absolute atomic E-state index is 2.53. The lowest BCUT2D eigenvalue weighted by Gasteiger charge is -2.05. The van der Waals surface area contributed by atoms with Gasteiger partial charge in [0.25, 0.3) is 5.82 Å². The highest BCUT2D eigenvalue weighted by Gasteiger charge is 2.15. The van der Waals surface area contributed by atoms with E-state index in [1.54, 1.807) is 5.82 Å². The quantitative estimate of drug-likeness (QED) is 0.143. The minimum atomic E-state index is 1.19. The van der Waals surface area contributed by atoms with Crippen molar-refractivity contribution in [1.82, 2.24) is 4.57 Å². The van der Waals surface area contributed by atoms with Crippen molar-refractivity contribution < 1.29 is 4.57 Å². The van der Waals surface area contributed by atoms with Crippen LogP contribution in [0.3, 0.4) is 0 Å². The summed E-state index contributed by atoms with van der Waals surface area (Å²) in [5.41, 5.74) is 0. The van der Waals surface area contributed by atoms with Gasteiger partial charge in [0.1, 0.15) is 12.4 Å². The van der Waals surface area contributed by atoms with Crippen LogP contribution in [-0.4, -0.2) is 4.57 Å². The Hall–Kier alpha value is -0.790. The van der Waals surface area contributed by atoms with E-state index in [2.05, 4.69) is 42.3 Å². The van der Waals surface area contributed by atoms with Gasteiger partial charge < -0.3 is 0 Å². The molecule has 0 aliphatic carbocycles. The van der Waals surface area contributed by atoms with E-state index >= 15 is 0 Å². The van der Waals surface area contributed by atoms with Crippen molar-refractivity contribution in [3.05, 3.63) is 18.2 Å². The molecule has 1 rings (SSSR count). The molecule has 1 aromatic heterocycles. The van der Waals surface area contributed by atoms with E-state index in [1.165, 1.54) is 135 Å². The summed E-state index contributed by atoms with van der Waals surface area (Å²) in [6, 6.07) is 0. The molecular formula is C27H53N2+. The molecule has 0 amide bonds. The molecule has 0 fully saturated rings. The van der Waals surface area contributed by atoms with Crippen molar-refractivity contribution in [1.29, 1.82) is 0 Å². The predicted octanol–water partition coefficient (Wildman–Crippen LogP) is 8.40. The van der Waals surface area contributed by atoms with Crippen LogP contribution in [0.25, 0.3) is 0 Å². The minimum Gasteiger partial charge on any atom is -0.234 e. The van der Waals surface area contributed by atoms with Gasteiger partial charge in [-0.25, -0.2) is 9.13 Å². The Bertz CT molecular complexity index is 463. The number of aryl methyl sites for hydroxylation is 2. The van der Waals surface area contributed by atoms with E-state index in [0.29, 0.717) is 0 Å². The maximum atomic E-state index is 2.53. The molecule has 2 heteroatoms. The molecule has 0 N–H and O–H groups in total. The van der Waals surface area contributed by atoms with Gasteiger partial charge in [-0.3, -0.25) is 0 Å². The second-order valence-corrected chi connectivity index (χ2v) is 9.15. The fraction of sp³-hybridized carbons (Fsp3) is 0.889. The first-order valence-electron chi connectivity index (χ1n) is 13.4. The van der Waals surface area contributed by atoms with Crippen LogP contribution in [0.5, 0.6) is 0 Å². The molecule has 0 saturated carbocycles. The van der Waals surface area contributed by atoms with Gasteiger partial charge in [-0.2, -0.15) is 0 Å². The average Bonchev–Trinajstić information content (AvgIpc) is 3.11. The van der Waals surface area contributed by atoms with Gasteiger partial charge in [0.15, 0.2) is 0 Å². The largest absolute Gasteiger partial charge is 0.256 e. The highest BCUT2D eigenvalue weighted by molar-refractivity contribution is 4.84. The fourth-order valence-electron chi connectivity index (χ4n) is 4.40. The highest BCUT2D eigenvalue weighted by Crippen LogP contribution is 2.13. The van der Waals surface area contributed by atoms with Crippen molar-refractivity contribution in [2.24, 2.45) is 0 Å². The van der Waals surface area contributed by atoms with Crippen LogP contribution >= 0.6 is 0 Å². The fourth-order valence-corrected chi connectivity index (χ4v) is 4.40. The predicted molar refractivity (Wildman–Crippen MR) is 128 cm³/mol. The average molecular weight is 406 g/mol. The molecule has 0 saturated heterocycles. The van der Waals surface area contributed by atoms with Crippen LogP contribution in [0.2, 0.25) is 0 Å². The van der Waals surface area contributed by atoms with Gasteiger partial charge >= 0.3 is 0 Å². The highest BCUT2D eigenvalue weighted by atomic mass is 15.1. The zero-order valence-electron chi connectivity index (χ0n) is 20.4. The molecule has 0 bridgehead atoms. The van der Waals surface area contributed by atoms with Gasteiger partial charge in [-0.1, -0.05) is 111 Å². The Balaban J connectivity index is 1.97. The van der Waals surface area contributed by atoms with Crippen LogP contribution in [0.1, 0.15) is 142 Å². The monoisotopic (exact) mass is 405 g/mol. The summed E-state index contributed by atoms with van der Waals surface area (Å²) in [5.74, 6) is 1.55. The molecule has 0 atom stereocenters. The summed E-state index contributed by atoms with van der Waals surface area (Å²) in [5, 5.41) is 0. The Morgan fingerprint density at radius 2 is 1.07 bits per heavy atom. The number of hydrogen-bond donors (Lipinski definition) is 0. The molecule has 29 heavy (non-hydrogen) atoms. The number of hydrogen-bond acceptors (Lipinski definition) is 0. The third kappa shape index (κ3) is 13.2. The van der Waals surface area contributed by atoms with E-state index in [0.717, 1.165) is 0 Å². The zero-order chi connectivity index (χ0) is 21.0. The van der Waals surface area contributed by atoms with Crippen LogP contribution in [0.15, 0.2) is 12.4 Å². The van der Waals surface area contributed by atoms with Gasteiger partial charge in [-0.15, -0.1) is 0 Å². The van der Waals surface area contributed by atoms with Gasteiger partial charge in [-0.05, 0) is 25.7 Å². The van der Waals surface area contributed by atoms with Crippen LogP contribution in [0, 0.1) is 0 Å². The second-order valence-electron chi connectivity index (χ2n) is 9.15. The van der Waals surface area contributed by atoms with E-state index < -0.39 is 0 Å². The first-order chi connectivity index (χ1) is 14.3. The summed E-state index contributed by atoms with van der Waals surface area (Å²) in [6.45, 7) is 9.29. The second kappa shape index (κ2) is 19.2. The third-order valence-corrected chi connectivity index (χ3v) is 6.32. The number of nitrogens with zero attached hydrogens (tertiary/aromatic N) is 2. The lowest BCUT2D eigenvalue weighted by atomic mass is 10.0. The summed E-state index contributed by atoms with van der Waals surface area (Å²) in [7, 11) is 0. The molecule has 0 spiro atoms. The molecule has 2 nitrogen and oxygen atoms in total. The number of aromatic nitrogens is 2. The maximum Gasteiger partial charge on any atom is 0.256 e. The van der Waals surface area contributed by atoms with Crippen molar-refractivity contribution in [3.8, 4) is 0 Å². The van der Waals surface area contributed by atoms with E-state index in [-0.39, 0.29) is 0 Å². The molecule has 170 valence electrons. The number of imidazole rings is 1. The van der Waals surface area contributed by atoms with Gasteiger partial charge in [0, 0.05) is 6.42 Å². The summed E-state index contributed by atoms with van der Waals surface area (Å²) in [6.07, 6.45) is 31.3. The Morgan fingerprint density at radius 1 is 0.586 bits per heavy atom. The molecule has 0 unspecified atom stereocenters. The van der Waals surface area contributed by atoms with E-state index in [4.69, 9.17) is 0 Å². The molecule has 1 aromatic rings. The Morgan fingerprint density at radius 3 is 1.55 bits per heavy atom. The van der Waals surface area contributed by atoms with Crippen LogP contribution < -0.4 is 4.57 Å². The zero-order valence-corrected chi connectivity index (χ0v) is 20.4. The molecule has 0 aliphatic rings.